The smallest absolute Gasteiger partial charge is 0.101 e. The zero-order valence-electron chi connectivity index (χ0n) is 11.7. The first-order valence-corrected chi connectivity index (χ1v) is 7.46. The number of anilines is 1. The highest BCUT2D eigenvalue weighted by Crippen LogP contribution is 2.32. The lowest BCUT2D eigenvalue weighted by Gasteiger charge is -2.33. The van der Waals surface area contributed by atoms with Crippen molar-refractivity contribution in [2.75, 3.05) is 11.4 Å². The highest BCUT2D eigenvalue weighted by atomic mass is 35.5. The van der Waals surface area contributed by atoms with E-state index in [2.05, 4.69) is 24.8 Å². The van der Waals surface area contributed by atoms with Crippen LogP contribution in [0.5, 0.6) is 0 Å². The second kappa shape index (κ2) is 6.30. The standard InChI is InChI=1S/C16H21ClN2/c1-12(2)11-19(15-5-3-4-6-15)16-9-14(17)8-7-13(16)10-18/h7-9,12,15H,3-6,11H2,1-2H3. The molecule has 1 fully saturated rings. The molecule has 1 aromatic carbocycles. The van der Waals surface area contributed by atoms with Crippen molar-refractivity contribution in [2.24, 2.45) is 5.92 Å². The van der Waals surface area contributed by atoms with Crippen LogP contribution in [-0.2, 0) is 0 Å². The van der Waals surface area contributed by atoms with Crippen molar-refractivity contribution in [1.82, 2.24) is 0 Å². The fourth-order valence-corrected chi connectivity index (χ4v) is 3.06. The van der Waals surface area contributed by atoms with Gasteiger partial charge in [0, 0.05) is 17.6 Å². The number of hydrogen-bond acceptors (Lipinski definition) is 2. The van der Waals surface area contributed by atoms with Gasteiger partial charge in [0.05, 0.1) is 11.3 Å². The van der Waals surface area contributed by atoms with Gasteiger partial charge in [-0.1, -0.05) is 38.3 Å². The van der Waals surface area contributed by atoms with Crippen LogP contribution in [0.3, 0.4) is 0 Å². The molecule has 0 heterocycles. The van der Waals surface area contributed by atoms with Crippen LogP contribution in [0.1, 0.15) is 45.1 Å². The van der Waals surface area contributed by atoms with Gasteiger partial charge in [-0.15, -0.1) is 0 Å². The van der Waals surface area contributed by atoms with Crippen molar-refractivity contribution in [1.29, 1.82) is 5.26 Å². The largest absolute Gasteiger partial charge is 0.367 e. The Morgan fingerprint density at radius 2 is 2.05 bits per heavy atom. The molecule has 1 aliphatic carbocycles. The molecule has 0 aliphatic heterocycles. The fraction of sp³-hybridized carbons (Fsp3) is 0.562. The number of rotatable bonds is 4. The normalized spacial score (nSPS) is 15.7. The summed E-state index contributed by atoms with van der Waals surface area (Å²) in [5, 5.41) is 10.0. The Bertz CT molecular complexity index is 470. The van der Waals surface area contributed by atoms with E-state index >= 15 is 0 Å². The van der Waals surface area contributed by atoms with Gasteiger partial charge in [0.2, 0.25) is 0 Å². The average molecular weight is 277 g/mol. The van der Waals surface area contributed by atoms with Crippen molar-refractivity contribution in [3.63, 3.8) is 0 Å². The highest BCUT2D eigenvalue weighted by Gasteiger charge is 2.25. The van der Waals surface area contributed by atoms with Crippen molar-refractivity contribution in [2.45, 2.75) is 45.6 Å². The maximum Gasteiger partial charge on any atom is 0.101 e. The van der Waals surface area contributed by atoms with E-state index in [1.165, 1.54) is 25.7 Å². The molecule has 1 saturated carbocycles. The van der Waals surface area contributed by atoms with Crippen molar-refractivity contribution < 1.29 is 0 Å². The number of nitrogens with zero attached hydrogens (tertiary/aromatic N) is 2. The number of hydrogen-bond donors (Lipinski definition) is 0. The SMILES string of the molecule is CC(C)CN(c1cc(Cl)ccc1C#N)C1CCCC1. The monoisotopic (exact) mass is 276 g/mol. The van der Waals surface area contributed by atoms with E-state index in [9.17, 15) is 5.26 Å². The van der Waals surface area contributed by atoms with E-state index in [4.69, 9.17) is 11.6 Å². The minimum atomic E-state index is 0.563. The molecule has 1 aromatic rings. The summed E-state index contributed by atoms with van der Waals surface area (Å²) in [6.07, 6.45) is 5.04. The second-order valence-electron chi connectivity index (χ2n) is 5.76. The molecule has 0 unspecified atom stereocenters. The quantitative estimate of drug-likeness (QED) is 0.802. The molecular formula is C16H21ClN2. The Morgan fingerprint density at radius 1 is 1.37 bits per heavy atom. The van der Waals surface area contributed by atoms with E-state index in [0.29, 0.717) is 17.0 Å². The molecule has 0 bridgehead atoms. The third-order valence-electron chi connectivity index (χ3n) is 3.72. The third kappa shape index (κ3) is 3.42. The predicted molar refractivity (Wildman–Crippen MR) is 80.6 cm³/mol. The first kappa shape index (κ1) is 14.2. The number of nitriles is 1. The van der Waals surface area contributed by atoms with Crippen LogP contribution in [0, 0.1) is 17.2 Å². The first-order chi connectivity index (χ1) is 9.11. The zero-order chi connectivity index (χ0) is 13.8. The molecule has 0 saturated heterocycles. The molecule has 0 amide bonds. The lowest BCUT2D eigenvalue weighted by atomic mass is 10.1. The molecule has 1 aliphatic rings. The maximum absolute atomic E-state index is 9.32. The summed E-state index contributed by atoms with van der Waals surface area (Å²) >= 11 is 6.13. The summed E-state index contributed by atoms with van der Waals surface area (Å²) in [6.45, 7) is 5.43. The van der Waals surface area contributed by atoms with Crippen LogP contribution < -0.4 is 4.90 Å². The van der Waals surface area contributed by atoms with E-state index < -0.39 is 0 Å². The van der Waals surface area contributed by atoms with Gasteiger partial charge >= 0.3 is 0 Å². The molecule has 2 nitrogen and oxygen atoms in total. The van der Waals surface area contributed by atoms with Gasteiger partial charge in [-0.3, -0.25) is 0 Å². The van der Waals surface area contributed by atoms with Crippen molar-refractivity contribution in [3.05, 3.63) is 28.8 Å². The Balaban J connectivity index is 2.36. The molecule has 0 spiro atoms. The maximum atomic E-state index is 9.32. The zero-order valence-corrected chi connectivity index (χ0v) is 12.5. The summed E-state index contributed by atoms with van der Waals surface area (Å²) < 4.78 is 0. The molecule has 3 heteroatoms. The molecule has 2 rings (SSSR count). The number of benzene rings is 1. The van der Waals surface area contributed by atoms with E-state index in [1.54, 1.807) is 6.07 Å². The van der Waals surface area contributed by atoms with Gasteiger partial charge in [0.25, 0.3) is 0 Å². The summed E-state index contributed by atoms with van der Waals surface area (Å²) in [5.74, 6) is 0.575. The van der Waals surface area contributed by atoms with Crippen LogP contribution in [0.25, 0.3) is 0 Å². The lowest BCUT2D eigenvalue weighted by Crippen LogP contribution is -2.36. The first-order valence-electron chi connectivity index (χ1n) is 7.08. The van der Waals surface area contributed by atoms with Crippen LogP contribution in [0.2, 0.25) is 5.02 Å². The van der Waals surface area contributed by atoms with Crippen molar-refractivity contribution in [3.8, 4) is 6.07 Å². The summed E-state index contributed by atoms with van der Waals surface area (Å²) in [7, 11) is 0. The Kier molecular flexibility index (Phi) is 4.71. The highest BCUT2D eigenvalue weighted by molar-refractivity contribution is 6.30. The van der Waals surface area contributed by atoms with E-state index in [-0.39, 0.29) is 0 Å². The van der Waals surface area contributed by atoms with Crippen LogP contribution >= 0.6 is 11.6 Å². The van der Waals surface area contributed by atoms with Gasteiger partial charge in [-0.25, -0.2) is 0 Å². The van der Waals surface area contributed by atoms with Gasteiger partial charge in [-0.05, 0) is 37.0 Å². The van der Waals surface area contributed by atoms with E-state index in [0.717, 1.165) is 17.8 Å². The van der Waals surface area contributed by atoms with Crippen LogP contribution in [0.4, 0.5) is 5.69 Å². The predicted octanol–water partition coefficient (Wildman–Crippen LogP) is 4.62. The molecule has 0 atom stereocenters. The molecular weight excluding hydrogens is 256 g/mol. The third-order valence-corrected chi connectivity index (χ3v) is 3.95. The van der Waals surface area contributed by atoms with Crippen molar-refractivity contribution >= 4 is 17.3 Å². The van der Waals surface area contributed by atoms with Gasteiger partial charge in [-0.2, -0.15) is 5.26 Å². The summed E-state index contributed by atoms with van der Waals surface area (Å²) in [5.41, 5.74) is 1.74. The average Bonchev–Trinajstić information content (AvgIpc) is 2.89. The Morgan fingerprint density at radius 3 is 2.63 bits per heavy atom. The minimum Gasteiger partial charge on any atom is -0.367 e. The van der Waals surface area contributed by atoms with Gasteiger partial charge < -0.3 is 4.90 Å². The topological polar surface area (TPSA) is 27.0 Å². The minimum absolute atomic E-state index is 0.563. The van der Waals surface area contributed by atoms with Crippen LogP contribution in [0.15, 0.2) is 18.2 Å². The van der Waals surface area contributed by atoms with E-state index in [1.807, 2.05) is 12.1 Å². The molecule has 19 heavy (non-hydrogen) atoms. The van der Waals surface area contributed by atoms with Gasteiger partial charge in [0.15, 0.2) is 0 Å². The fourth-order valence-electron chi connectivity index (χ4n) is 2.89. The number of halogens is 1. The molecule has 0 radical (unpaired) electrons. The summed E-state index contributed by atoms with van der Waals surface area (Å²) in [6, 6.07) is 8.44. The Hall–Kier alpha value is -1.20. The summed E-state index contributed by atoms with van der Waals surface area (Å²) in [4.78, 5) is 2.40. The molecule has 0 N–H and O–H groups in total. The van der Waals surface area contributed by atoms with Crippen LogP contribution in [-0.4, -0.2) is 12.6 Å². The lowest BCUT2D eigenvalue weighted by molar-refractivity contribution is 0.535. The second-order valence-corrected chi connectivity index (χ2v) is 6.19. The van der Waals surface area contributed by atoms with Gasteiger partial charge in [0.1, 0.15) is 6.07 Å². The Labute approximate surface area is 121 Å². The molecule has 102 valence electrons. The molecule has 0 aromatic heterocycles.